The minimum absolute atomic E-state index is 0.119. The van der Waals surface area contributed by atoms with Crippen LogP contribution < -0.4 is 10.3 Å². The molecule has 5 heteroatoms. The molecule has 0 aliphatic carbocycles. The molecule has 0 N–H and O–H groups in total. The molecule has 0 saturated carbocycles. The summed E-state index contributed by atoms with van der Waals surface area (Å²) < 4.78 is 6.89. The molecule has 25 heavy (non-hydrogen) atoms. The van der Waals surface area contributed by atoms with E-state index in [0.717, 1.165) is 22.6 Å². The highest BCUT2D eigenvalue weighted by molar-refractivity contribution is 6.30. The third-order valence-electron chi connectivity index (χ3n) is 4.10. The number of methoxy groups -OCH3 is 1. The van der Waals surface area contributed by atoms with Crippen LogP contribution in [0.3, 0.4) is 0 Å². The number of nitrogens with zero attached hydrogens (tertiary/aromatic N) is 2. The van der Waals surface area contributed by atoms with Crippen molar-refractivity contribution in [2.45, 2.75) is 19.9 Å². The van der Waals surface area contributed by atoms with Crippen molar-refractivity contribution in [1.82, 2.24) is 9.55 Å². The van der Waals surface area contributed by atoms with Gasteiger partial charge in [0.05, 0.1) is 19.3 Å². The van der Waals surface area contributed by atoms with Gasteiger partial charge in [-0.3, -0.25) is 4.79 Å². The number of hydrogen-bond acceptors (Lipinski definition) is 3. The maximum absolute atomic E-state index is 12.7. The van der Waals surface area contributed by atoms with Crippen molar-refractivity contribution in [3.05, 3.63) is 92.6 Å². The van der Waals surface area contributed by atoms with Gasteiger partial charge in [-0.05, 0) is 30.2 Å². The van der Waals surface area contributed by atoms with E-state index in [1.54, 1.807) is 18.6 Å². The summed E-state index contributed by atoms with van der Waals surface area (Å²) in [5.41, 5.74) is 3.08. The van der Waals surface area contributed by atoms with E-state index in [0.29, 0.717) is 23.8 Å². The Bertz CT molecular complexity index is 919. The maximum atomic E-state index is 12.7. The molecule has 1 heterocycles. The van der Waals surface area contributed by atoms with Crippen molar-refractivity contribution in [3.63, 3.8) is 0 Å². The van der Waals surface area contributed by atoms with Crippen LogP contribution in [-0.4, -0.2) is 16.7 Å². The topological polar surface area (TPSA) is 44.1 Å². The molecule has 0 bridgehead atoms. The van der Waals surface area contributed by atoms with Crippen molar-refractivity contribution < 1.29 is 4.74 Å². The molecule has 0 unspecified atom stereocenters. The van der Waals surface area contributed by atoms with E-state index >= 15 is 0 Å². The molecule has 0 amide bonds. The maximum Gasteiger partial charge on any atom is 0.272 e. The van der Waals surface area contributed by atoms with E-state index in [9.17, 15) is 4.79 Å². The molecule has 0 atom stereocenters. The van der Waals surface area contributed by atoms with Crippen LogP contribution in [0.5, 0.6) is 5.75 Å². The van der Waals surface area contributed by atoms with Gasteiger partial charge in [0.1, 0.15) is 16.6 Å². The lowest BCUT2D eigenvalue weighted by atomic mass is 10.1. The van der Waals surface area contributed by atoms with Crippen molar-refractivity contribution in [2.75, 3.05) is 7.11 Å². The Kier molecular flexibility index (Phi) is 5.19. The van der Waals surface area contributed by atoms with E-state index in [2.05, 4.69) is 4.98 Å². The van der Waals surface area contributed by atoms with Crippen LogP contribution in [0.4, 0.5) is 0 Å². The third-order valence-corrected chi connectivity index (χ3v) is 4.40. The van der Waals surface area contributed by atoms with Gasteiger partial charge < -0.3 is 9.30 Å². The fourth-order valence-corrected chi connectivity index (χ4v) is 3.02. The highest BCUT2D eigenvalue weighted by Gasteiger charge is 2.14. The van der Waals surface area contributed by atoms with Gasteiger partial charge in [0.25, 0.3) is 5.56 Å². The van der Waals surface area contributed by atoms with Gasteiger partial charge in [0.15, 0.2) is 0 Å². The Labute approximate surface area is 151 Å². The molecule has 0 aliphatic heterocycles. The number of hydrogen-bond donors (Lipinski definition) is 0. The molecule has 0 aliphatic rings. The highest BCUT2D eigenvalue weighted by atomic mass is 35.5. The number of ether oxygens (including phenoxy) is 1. The Morgan fingerprint density at radius 3 is 2.36 bits per heavy atom. The van der Waals surface area contributed by atoms with Crippen LogP contribution in [0.15, 0.2) is 59.4 Å². The summed E-state index contributed by atoms with van der Waals surface area (Å²) in [5.74, 6) is 0.782. The molecular formula is C20H19ClN2O2. The first-order valence-electron chi connectivity index (χ1n) is 8.01. The summed E-state index contributed by atoms with van der Waals surface area (Å²) in [6.07, 6.45) is 0.554. The van der Waals surface area contributed by atoms with Crippen LogP contribution in [0.2, 0.25) is 5.15 Å². The predicted octanol–water partition coefficient (Wildman–Crippen LogP) is 3.85. The molecule has 0 radical (unpaired) electrons. The Morgan fingerprint density at radius 1 is 1.04 bits per heavy atom. The first kappa shape index (κ1) is 17.2. The first-order valence-corrected chi connectivity index (χ1v) is 8.39. The highest BCUT2D eigenvalue weighted by Crippen LogP contribution is 2.19. The summed E-state index contributed by atoms with van der Waals surface area (Å²) in [6, 6.07) is 17.6. The minimum Gasteiger partial charge on any atom is -0.497 e. The average molecular weight is 355 g/mol. The van der Waals surface area contributed by atoms with E-state index in [1.165, 1.54) is 0 Å². The molecule has 1 aromatic heterocycles. The number of rotatable bonds is 5. The SMILES string of the molecule is COc1ccc(Cn2c(Cc3ccccc3)c(Cl)nc(C)c2=O)cc1. The fraction of sp³-hybridized carbons (Fsp3) is 0.200. The van der Waals surface area contributed by atoms with E-state index in [4.69, 9.17) is 16.3 Å². The molecular weight excluding hydrogens is 336 g/mol. The van der Waals surface area contributed by atoms with Crippen LogP contribution >= 0.6 is 11.6 Å². The fourth-order valence-electron chi connectivity index (χ4n) is 2.73. The zero-order chi connectivity index (χ0) is 17.8. The quantitative estimate of drug-likeness (QED) is 0.699. The van der Waals surface area contributed by atoms with Crippen LogP contribution in [0, 0.1) is 6.92 Å². The Hall–Kier alpha value is -2.59. The molecule has 3 rings (SSSR count). The van der Waals surface area contributed by atoms with Gasteiger partial charge in [-0.25, -0.2) is 4.98 Å². The van der Waals surface area contributed by atoms with Gasteiger partial charge in [-0.15, -0.1) is 0 Å². The molecule has 128 valence electrons. The molecule has 0 fully saturated rings. The van der Waals surface area contributed by atoms with Crippen molar-refractivity contribution in [1.29, 1.82) is 0 Å². The summed E-state index contributed by atoms with van der Waals surface area (Å²) >= 11 is 6.38. The largest absolute Gasteiger partial charge is 0.497 e. The lowest BCUT2D eigenvalue weighted by Crippen LogP contribution is -2.28. The summed E-state index contributed by atoms with van der Waals surface area (Å²) in [7, 11) is 1.63. The number of halogens is 1. The van der Waals surface area contributed by atoms with Crippen molar-refractivity contribution >= 4 is 11.6 Å². The molecule has 0 spiro atoms. The Balaban J connectivity index is 2.02. The second-order valence-corrected chi connectivity index (χ2v) is 6.19. The zero-order valence-corrected chi connectivity index (χ0v) is 15.0. The van der Waals surface area contributed by atoms with Gasteiger partial charge >= 0.3 is 0 Å². The predicted molar refractivity (Wildman–Crippen MR) is 99.6 cm³/mol. The van der Waals surface area contributed by atoms with Crippen molar-refractivity contribution in [2.24, 2.45) is 0 Å². The average Bonchev–Trinajstić information content (AvgIpc) is 2.64. The van der Waals surface area contributed by atoms with Gasteiger partial charge in [-0.2, -0.15) is 0 Å². The van der Waals surface area contributed by atoms with E-state index in [-0.39, 0.29) is 5.56 Å². The van der Waals surface area contributed by atoms with Crippen molar-refractivity contribution in [3.8, 4) is 5.75 Å². The third kappa shape index (κ3) is 3.91. The first-order chi connectivity index (χ1) is 12.1. The minimum atomic E-state index is -0.119. The summed E-state index contributed by atoms with van der Waals surface area (Å²) in [4.78, 5) is 16.9. The number of aromatic nitrogens is 2. The number of aryl methyl sites for hydroxylation is 1. The summed E-state index contributed by atoms with van der Waals surface area (Å²) in [5, 5.41) is 0.370. The second-order valence-electron chi connectivity index (χ2n) is 5.84. The van der Waals surface area contributed by atoms with E-state index < -0.39 is 0 Å². The summed E-state index contributed by atoms with van der Waals surface area (Å²) in [6.45, 7) is 2.12. The number of benzene rings is 2. The standard InChI is InChI=1S/C20H19ClN2O2/c1-14-20(24)23(13-16-8-10-17(25-2)11-9-16)18(19(21)22-14)12-15-6-4-3-5-7-15/h3-11H,12-13H2,1-2H3. The smallest absolute Gasteiger partial charge is 0.272 e. The molecule has 0 saturated heterocycles. The molecule has 3 aromatic rings. The molecule has 2 aromatic carbocycles. The Morgan fingerprint density at radius 2 is 1.72 bits per heavy atom. The van der Waals surface area contributed by atoms with Crippen LogP contribution in [0.25, 0.3) is 0 Å². The van der Waals surface area contributed by atoms with Gasteiger partial charge in [0.2, 0.25) is 0 Å². The lowest BCUT2D eigenvalue weighted by molar-refractivity contribution is 0.414. The van der Waals surface area contributed by atoms with Gasteiger partial charge in [-0.1, -0.05) is 54.1 Å². The zero-order valence-electron chi connectivity index (χ0n) is 14.2. The lowest BCUT2D eigenvalue weighted by Gasteiger charge is -2.15. The van der Waals surface area contributed by atoms with Crippen LogP contribution in [0.1, 0.15) is 22.5 Å². The van der Waals surface area contributed by atoms with Gasteiger partial charge in [0, 0.05) is 6.42 Å². The van der Waals surface area contributed by atoms with E-state index in [1.807, 2.05) is 54.6 Å². The monoisotopic (exact) mass is 354 g/mol. The normalized spacial score (nSPS) is 10.7. The van der Waals surface area contributed by atoms with Crippen LogP contribution in [-0.2, 0) is 13.0 Å². The second kappa shape index (κ2) is 7.53. The molecule has 4 nitrogen and oxygen atoms in total.